The van der Waals surface area contributed by atoms with Gasteiger partial charge in [0, 0.05) is 43.2 Å². The second kappa shape index (κ2) is 11.9. The molecule has 1 aliphatic rings. The topological polar surface area (TPSA) is 84.2 Å². The van der Waals surface area contributed by atoms with E-state index in [0.29, 0.717) is 36.9 Å². The molecule has 9 heteroatoms. The van der Waals surface area contributed by atoms with Crippen molar-refractivity contribution < 1.29 is 9.59 Å². The lowest BCUT2D eigenvalue weighted by Crippen LogP contribution is -2.56. The van der Waals surface area contributed by atoms with E-state index in [2.05, 4.69) is 39.9 Å². The van der Waals surface area contributed by atoms with Crippen LogP contribution < -0.4 is 0 Å². The van der Waals surface area contributed by atoms with Crippen LogP contribution in [-0.2, 0) is 17.8 Å². The third-order valence-electron chi connectivity index (χ3n) is 7.98. The van der Waals surface area contributed by atoms with Crippen molar-refractivity contribution in [3.63, 3.8) is 0 Å². The Labute approximate surface area is 249 Å². The lowest BCUT2D eigenvalue weighted by molar-refractivity contribution is -0.132. The average Bonchev–Trinajstić information content (AvgIpc) is 3.33. The van der Waals surface area contributed by atoms with E-state index in [4.69, 9.17) is 4.98 Å². The van der Waals surface area contributed by atoms with Gasteiger partial charge in [-0.25, -0.2) is 4.98 Å². The van der Waals surface area contributed by atoms with E-state index < -0.39 is 5.25 Å². The fourth-order valence-corrected chi connectivity index (χ4v) is 6.43. The van der Waals surface area contributed by atoms with Crippen molar-refractivity contribution in [2.45, 2.75) is 50.2 Å². The Hall–Kier alpha value is -4.24. The molecule has 3 heterocycles. The van der Waals surface area contributed by atoms with Crippen LogP contribution in [0.2, 0.25) is 0 Å². The summed E-state index contributed by atoms with van der Waals surface area (Å²) >= 11 is 1.32. The van der Waals surface area contributed by atoms with Gasteiger partial charge in [0.1, 0.15) is 5.52 Å². The zero-order chi connectivity index (χ0) is 29.2. The summed E-state index contributed by atoms with van der Waals surface area (Å²) in [6, 6.07) is 26.1. The number of benzene rings is 3. The monoisotopic (exact) mass is 578 g/mol. The molecule has 1 fully saturated rings. The number of rotatable bonds is 7. The highest BCUT2D eigenvalue weighted by Crippen LogP contribution is 2.29. The van der Waals surface area contributed by atoms with Crippen LogP contribution in [0.5, 0.6) is 0 Å². The van der Waals surface area contributed by atoms with Gasteiger partial charge in [0.15, 0.2) is 5.65 Å². The molecule has 0 aliphatic carbocycles. The van der Waals surface area contributed by atoms with Crippen molar-refractivity contribution >= 4 is 45.6 Å². The summed E-state index contributed by atoms with van der Waals surface area (Å²) in [4.78, 5) is 35.3. The van der Waals surface area contributed by atoms with Crippen molar-refractivity contribution in [3.05, 3.63) is 95.6 Å². The lowest BCUT2D eigenvalue weighted by atomic mass is 10.1. The zero-order valence-corrected chi connectivity index (χ0v) is 24.9. The summed E-state index contributed by atoms with van der Waals surface area (Å²) in [6.07, 6.45) is 0.939. The predicted molar refractivity (Wildman–Crippen MR) is 167 cm³/mol. The van der Waals surface area contributed by atoms with Crippen LogP contribution in [0.3, 0.4) is 0 Å². The number of carbonyl (C=O) groups excluding carboxylic acids is 2. The quantitative estimate of drug-likeness (QED) is 0.239. The number of piperazine rings is 1. The molecule has 214 valence electrons. The van der Waals surface area contributed by atoms with Gasteiger partial charge in [0.05, 0.1) is 10.8 Å². The van der Waals surface area contributed by atoms with Crippen LogP contribution in [0.1, 0.15) is 42.3 Å². The molecule has 5 aromatic rings. The largest absolute Gasteiger partial charge is 0.338 e. The summed E-state index contributed by atoms with van der Waals surface area (Å²) in [7, 11) is 0. The standard InChI is InChI=1S/C33H34N6O2S/c1-4-24-14-16-26(17-15-24)32(41)38-19-18-37(20-22(38)2)31(40)23(3)42-33-34-30-29(35-36-33)27-12-8-9-13-28(27)39(30)21-25-10-6-5-7-11-25/h5-17,22-23H,4,18-21H2,1-3H3. The van der Waals surface area contributed by atoms with Gasteiger partial charge < -0.3 is 14.4 Å². The number of hydrogen-bond acceptors (Lipinski definition) is 6. The molecular weight excluding hydrogens is 544 g/mol. The second-order valence-electron chi connectivity index (χ2n) is 10.8. The molecule has 1 aliphatic heterocycles. The van der Waals surface area contributed by atoms with Gasteiger partial charge in [-0.15, -0.1) is 10.2 Å². The molecule has 0 bridgehead atoms. The fourth-order valence-electron chi connectivity index (χ4n) is 5.64. The lowest BCUT2D eigenvalue weighted by Gasteiger charge is -2.40. The minimum absolute atomic E-state index is 0.0124. The number of nitrogens with zero attached hydrogens (tertiary/aromatic N) is 6. The molecule has 2 aromatic heterocycles. The summed E-state index contributed by atoms with van der Waals surface area (Å²) in [5, 5.41) is 10.0. The second-order valence-corrected chi connectivity index (χ2v) is 12.1. The van der Waals surface area contributed by atoms with Crippen molar-refractivity contribution in [2.24, 2.45) is 0 Å². The Morgan fingerprint density at radius 3 is 2.40 bits per heavy atom. The van der Waals surface area contributed by atoms with E-state index in [1.54, 1.807) is 0 Å². The SMILES string of the molecule is CCc1ccc(C(=O)N2CCN(C(=O)C(C)Sc3nnc4c5ccccc5n(Cc5ccccc5)c4n3)CC2C)cc1. The highest BCUT2D eigenvalue weighted by molar-refractivity contribution is 8.00. The van der Waals surface area contributed by atoms with E-state index in [9.17, 15) is 9.59 Å². The molecule has 0 N–H and O–H groups in total. The molecule has 0 spiro atoms. The van der Waals surface area contributed by atoms with Gasteiger partial charge in [-0.3, -0.25) is 9.59 Å². The molecule has 0 saturated carbocycles. The van der Waals surface area contributed by atoms with Crippen molar-refractivity contribution in [3.8, 4) is 0 Å². The van der Waals surface area contributed by atoms with Gasteiger partial charge in [-0.2, -0.15) is 0 Å². The Morgan fingerprint density at radius 1 is 0.929 bits per heavy atom. The van der Waals surface area contributed by atoms with Crippen molar-refractivity contribution in [2.75, 3.05) is 19.6 Å². The molecule has 3 aromatic carbocycles. The van der Waals surface area contributed by atoms with Gasteiger partial charge in [0.25, 0.3) is 5.91 Å². The fraction of sp³-hybridized carbons (Fsp3) is 0.303. The highest BCUT2D eigenvalue weighted by Gasteiger charge is 2.32. The first-order valence-corrected chi connectivity index (χ1v) is 15.3. The van der Waals surface area contributed by atoms with E-state index in [0.717, 1.165) is 28.5 Å². The van der Waals surface area contributed by atoms with Gasteiger partial charge >= 0.3 is 0 Å². The molecule has 1 saturated heterocycles. The first-order valence-electron chi connectivity index (χ1n) is 14.4. The number of para-hydroxylation sites is 1. The number of fused-ring (bicyclic) bond motifs is 3. The van der Waals surface area contributed by atoms with E-state index in [-0.39, 0.29) is 17.9 Å². The minimum atomic E-state index is -0.396. The summed E-state index contributed by atoms with van der Waals surface area (Å²) in [5.74, 6) is 0.0260. The first-order chi connectivity index (χ1) is 20.4. The Balaban J connectivity index is 1.16. The molecule has 2 unspecified atom stereocenters. The number of carbonyl (C=O) groups is 2. The third-order valence-corrected chi connectivity index (χ3v) is 8.92. The van der Waals surface area contributed by atoms with Gasteiger partial charge in [0.2, 0.25) is 11.1 Å². The van der Waals surface area contributed by atoms with Crippen molar-refractivity contribution in [1.82, 2.24) is 29.5 Å². The summed E-state index contributed by atoms with van der Waals surface area (Å²) in [6.45, 7) is 8.14. The molecule has 6 rings (SSSR count). The zero-order valence-electron chi connectivity index (χ0n) is 24.1. The summed E-state index contributed by atoms with van der Waals surface area (Å²) in [5.41, 5.74) is 5.62. The third kappa shape index (κ3) is 5.48. The Kier molecular flexibility index (Phi) is 7.93. The average molecular weight is 579 g/mol. The van der Waals surface area contributed by atoms with Crippen LogP contribution in [0, 0.1) is 0 Å². The maximum atomic E-state index is 13.5. The number of amides is 2. The van der Waals surface area contributed by atoms with E-state index in [1.165, 1.54) is 22.9 Å². The number of hydrogen-bond donors (Lipinski definition) is 0. The molecule has 0 radical (unpaired) electrons. The first kappa shape index (κ1) is 27.9. The number of aryl methyl sites for hydroxylation is 1. The predicted octanol–water partition coefficient (Wildman–Crippen LogP) is 5.44. The van der Waals surface area contributed by atoms with Crippen LogP contribution in [0.15, 0.2) is 84.0 Å². The minimum Gasteiger partial charge on any atom is -0.338 e. The maximum absolute atomic E-state index is 13.5. The number of aromatic nitrogens is 4. The van der Waals surface area contributed by atoms with Crippen molar-refractivity contribution in [1.29, 1.82) is 0 Å². The maximum Gasteiger partial charge on any atom is 0.254 e. The van der Waals surface area contributed by atoms with Gasteiger partial charge in [-0.1, -0.05) is 79.3 Å². The molecule has 2 atom stereocenters. The Bertz CT molecular complexity index is 1740. The summed E-state index contributed by atoms with van der Waals surface area (Å²) < 4.78 is 2.17. The van der Waals surface area contributed by atoms with Gasteiger partial charge in [-0.05, 0) is 49.6 Å². The van der Waals surface area contributed by atoms with Crippen LogP contribution in [0.4, 0.5) is 0 Å². The van der Waals surface area contributed by atoms with Crippen LogP contribution in [0.25, 0.3) is 22.1 Å². The van der Waals surface area contributed by atoms with Crippen LogP contribution >= 0.6 is 11.8 Å². The molecular formula is C33H34N6O2S. The highest BCUT2D eigenvalue weighted by atomic mass is 32.2. The van der Waals surface area contributed by atoms with E-state index in [1.807, 2.05) is 84.3 Å². The molecule has 8 nitrogen and oxygen atoms in total. The molecule has 2 amide bonds. The normalized spacial score (nSPS) is 16.2. The van der Waals surface area contributed by atoms with E-state index >= 15 is 0 Å². The number of thioether (sulfide) groups is 1. The molecule has 42 heavy (non-hydrogen) atoms. The van der Waals surface area contributed by atoms with Crippen LogP contribution in [-0.4, -0.2) is 72.3 Å². The smallest absolute Gasteiger partial charge is 0.254 e. The Morgan fingerprint density at radius 2 is 1.67 bits per heavy atom.